The summed E-state index contributed by atoms with van der Waals surface area (Å²) >= 11 is 0. The van der Waals surface area contributed by atoms with Crippen molar-refractivity contribution in [1.29, 1.82) is 0 Å². The van der Waals surface area contributed by atoms with E-state index in [1.807, 2.05) is 0 Å². The standard InChI is InChI=1S/C19H18F3NO5/c1-12(18(25)23-14-5-3-13(4-6-14)19(20,21)22)28-17(24)11-27-16-9-7-15(26-2)8-10-16/h3-10,12H,11H2,1-2H3,(H,23,25)/t12-/m1/s1. The molecule has 2 aromatic carbocycles. The molecule has 0 aliphatic carbocycles. The minimum absolute atomic E-state index is 0.149. The largest absolute Gasteiger partial charge is 0.497 e. The molecule has 28 heavy (non-hydrogen) atoms. The molecule has 2 rings (SSSR count). The quantitative estimate of drug-likeness (QED) is 0.722. The van der Waals surface area contributed by atoms with Gasteiger partial charge in [-0.15, -0.1) is 0 Å². The molecule has 0 aliphatic rings. The Labute approximate surface area is 159 Å². The average Bonchev–Trinajstić information content (AvgIpc) is 2.66. The maximum atomic E-state index is 12.5. The van der Waals surface area contributed by atoms with Crippen molar-refractivity contribution in [1.82, 2.24) is 0 Å². The molecule has 0 fully saturated rings. The molecule has 0 aliphatic heterocycles. The van der Waals surface area contributed by atoms with Crippen LogP contribution in [0.15, 0.2) is 48.5 Å². The lowest BCUT2D eigenvalue weighted by molar-refractivity contribution is -0.155. The number of amides is 1. The van der Waals surface area contributed by atoms with Gasteiger partial charge in [0.25, 0.3) is 5.91 Å². The molecule has 0 radical (unpaired) electrons. The Bertz CT molecular complexity index is 804. The van der Waals surface area contributed by atoms with Gasteiger partial charge in [0, 0.05) is 5.69 Å². The van der Waals surface area contributed by atoms with Crippen molar-refractivity contribution in [3.05, 3.63) is 54.1 Å². The van der Waals surface area contributed by atoms with Crippen LogP contribution in [0.2, 0.25) is 0 Å². The van der Waals surface area contributed by atoms with Gasteiger partial charge < -0.3 is 19.5 Å². The third-order valence-electron chi connectivity index (χ3n) is 3.57. The van der Waals surface area contributed by atoms with Crippen molar-refractivity contribution in [2.75, 3.05) is 19.0 Å². The SMILES string of the molecule is COc1ccc(OCC(=O)O[C@H](C)C(=O)Nc2ccc(C(F)(F)F)cc2)cc1. The van der Waals surface area contributed by atoms with E-state index in [1.165, 1.54) is 14.0 Å². The van der Waals surface area contributed by atoms with Crippen LogP contribution in [0.1, 0.15) is 12.5 Å². The second-order valence-electron chi connectivity index (χ2n) is 5.66. The van der Waals surface area contributed by atoms with E-state index in [0.29, 0.717) is 11.5 Å². The molecule has 9 heteroatoms. The minimum Gasteiger partial charge on any atom is -0.497 e. The van der Waals surface area contributed by atoms with Gasteiger partial charge in [-0.25, -0.2) is 4.79 Å². The number of methoxy groups -OCH3 is 1. The van der Waals surface area contributed by atoms with Crippen molar-refractivity contribution >= 4 is 17.6 Å². The lowest BCUT2D eigenvalue weighted by Crippen LogP contribution is -2.31. The molecule has 2 aromatic rings. The van der Waals surface area contributed by atoms with E-state index in [4.69, 9.17) is 14.2 Å². The lowest BCUT2D eigenvalue weighted by Gasteiger charge is -2.14. The molecule has 0 bridgehead atoms. The molecule has 0 aromatic heterocycles. The van der Waals surface area contributed by atoms with Crippen molar-refractivity contribution in [3.63, 3.8) is 0 Å². The van der Waals surface area contributed by atoms with Gasteiger partial charge in [0.1, 0.15) is 11.5 Å². The summed E-state index contributed by atoms with van der Waals surface area (Å²) in [5, 5.41) is 2.37. The highest BCUT2D eigenvalue weighted by Crippen LogP contribution is 2.29. The third kappa shape index (κ3) is 6.19. The number of carbonyl (C=O) groups excluding carboxylic acids is 2. The van der Waals surface area contributed by atoms with E-state index in [1.54, 1.807) is 24.3 Å². The Kier molecular flexibility index (Phi) is 6.86. The van der Waals surface area contributed by atoms with Crippen molar-refractivity contribution in [2.24, 2.45) is 0 Å². The number of esters is 1. The van der Waals surface area contributed by atoms with Crippen LogP contribution in [-0.2, 0) is 20.5 Å². The summed E-state index contributed by atoms with van der Waals surface area (Å²) in [6, 6.07) is 10.4. The number of rotatable bonds is 7. The van der Waals surface area contributed by atoms with Gasteiger partial charge in [-0.3, -0.25) is 4.79 Å². The van der Waals surface area contributed by atoms with E-state index >= 15 is 0 Å². The predicted octanol–water partition coefficient (Wildman–Crippen LogP) is 3.66. The van der Waals surface area contributed by atoms with Crippen LogP contribution in [0.4, 0.5) is 18.9 Å². The fourth-order valence-electron chi connectivity index (χ4n) is 2.09. The fourth-order valence-corrected chi connectivity index (χ4v) is 2.09. The number of halogens is 3. The van der Waals surface area contributed by atoms with Crippen LogP contribution in [0, 0.1) is 0 Å². The van der Waals surface area contributed by atoms with Crippen LogP contribution in [0.3, 0.4) is 0 Å². The monoisotopic (exact) mass is 397 g/mol. The van der Waals surface area contributed by atoms with Crippen LogP contribution >= 0.6 is 0 Å². The second-order valence-corrected chi connectivity index (χ2v) is 5.66. The highest BCUT2D eigenvalue weighted by Gasteiger charge is 2.30. The Morgan fingerprint density at radius 3 is 2.11 bits per heavy atom. The van der Waals surface area contributed by atoms with E-state index in [9.17, 15) is 22.8 Å². The van der Waals surface area contributed by atoms with E-state index in [2.05, 4.69) is 5.32 Å². The van der Waals surface area contributed by atoms with Gasteiger partial charge in [-0.1, -0.05) is 0 Å². The first kappa shape index (κ1) is 21.1. The molecular formula is C19H18F3NO5. The predicted molar refractivity (Wildman–Crippen MR) is 94.1 cm³/mol. The summed E-state index contributed by atoms with van der Waals surface area (Å²) in [6.45, 7) is 0.926. The first-order chi connectivity index (χ1) is 13.2. The molecule has 0 heterocycles. The van der Waals surface area contributed by atoms with Gasteiger partial charge in [0.15, 0.2) is 12.7 Å². The Morgan fingerprint density at radius 2 is 1.57 bits per heavy atom. The average molecular weight is 397 g/mol. The number of carbonyl (C=O) groups is 2. The third-order valence-corrected chi connectivity index (χ3v) is 3.57. The van der Waals surface area contributed by atoms with Crippen molar-refractivity contribution in [3.8, 4) is 11.5 Å². The Hall–Kier alpha value is -3.23. The first-order valence-electron chi connectivity index (χ1n) is 8.13. The zero-order valence-electron chi connectivity index (χ0n) is 15.1. The molecule has 1 N–H and O–H groups in total. The van der Waals surface area contributed by atoms with Gasteiger partial charge in [-0.05, 0) is 55.5 Å². The zero-order chi connectivity index (χ0) is 20.7. The number of nitrogens with one attached hydrogen (secondary N) is 1. The topological polar surface area (TPSA) is 73.9 Å². The van der Waals surface area contributed by atoms with E-state index < -0.39 is 36.3 Å². The number of hydrogen-bond acceptors (Lipinski definition) is 5. The minimum atomic E-state index is -4.46. The van der Waals surface area contributed by atoms with Gasteiger partial charge in [0.2, 0.25) is 0 Å². The van der Waals surface area contributed by atoms with E-state index in [-0.39, 0.29) is 5.69 Å². The van der Waals surface area contributed by atoms with Crippen LogP contribution in [0.25, 0.3) is 0 Å². The van der Waals surface area contributed by atoms with Gasteiger partial charge >= 0.3 is 12.1 Å². The lowest BCUT2D eigenvalue weighted by atomic mass is 10.2. The molecular weight excluding hydrogens is 379 g/mol. The highest BCUT2D eigenvalue weighted by atomic mass is 19.4. The zero-order valence-corrected chi connectivity index (χ0v) is 15.1. The highest BCUT2D eigenvalue weighted by molar-refractivity contribution is 5.95. The molecule has 150 valence electrons. The van der Waals surface area contributed by atoms with E-state index in [0.717, 1.165) is 24.3 Å². The number of hydrogen-bond donors (Lipinski definition) is 1. The smallest absolute Gasteiger partial charge is 0.416 e. The Balaban J connectivity index is 1.81. The number of ether oxygens (including phenoxy) is 3. The number of alkyl halides is 3. The molecule has 1 atom stereocenters. The molecule has 0 saturated heterocycles. The molecule has 0 saturated carbocycles. The van der Waals surface area contributed by atoms with Crippen LogP contribution < -0.4 is 14.8 Å². The maximum Gasteiger partial charge on any atom is 0.416 e. The molecule has 6 nitrogen and oxygen atoms in total. The summed E-state index contributed by atoms with van der Waals surface area (Å²) in [5.41, 5.74) is -0.684. The summed E-state index contributed by atoms with van der Waals surface area (Å²) in [5.74, 6) is -0.411. The summed E-state index contributed by atoms with van der Waals surface area (Å²) in [7, 11) is 1.52. The summed E-state index contributed by atoms with van der Waals surface area (Å²) in [4.78, 5) is 23.8. The second kappa shape index (κ2) is 9.12. The van der Waals surface area contributed by atoms with Gasteiger partial charge in [0.05, 0.1) is 12.7 Å². The molecule has 1 amide bonds. The van der Waals surface area contributed by atoms with Crippen molar-refractivity contribution < 1.29 is 37.0 Å². The first-order valence-corrected chi connectivity index (χ1v) is 8.13. The maximum absolute atomic E-state index is 12.5. The Morgan fingerprint density at radius 1 is 1.00 bits per heavy atom. The fraction of sp³-hybridized carbons (Fsp3) is 0.263. The summed E-state index contributed by atoms with van der Waals surface area (Å²) < 4.78 is 52.8. The molecule has 0 spiro atoms. The normalized spacial score (nSPS) is 12.0. The van der Waals surface area contributed by atoms with Crippen LogP contribution in [-0.4, -0.2) is 31.7 Å². The van der Waals surface area contributed by atoms with Crippen LogP contribution in [0.5, 0.6) is 11.5 Å². The molecule has 0 unspecified atom stereocenters. The summed E-state index contributed by atoms with van der Waals surface area (Å²) in [6.07, 6.45) is -5.62. The van der Waals surface area contributed by atoms with Gasteiger partial charge in [-0.2, -0.15) is 13.2 Å². The number of benzene rings is 2. The number of anilines is 1. The van der Waals surface area contributed by atoms with Crippen molar-refractivity contribution in [2.45, 2.75) is 19.2 Å².